The molecule has 2 amide bonds. The van der Waals surface area contributed by atoms with Crippen LogP contribution in [0.25, 0.3) is 22.5 Å². The molecular formula is C20H15N3O4. The van der Waals surface area contributed by atoms with E-state index in [1.165, 1.54) is 0 Å². The number of carbonyl (C=O) groups excluding carboxylic acids is 2. The summed E-state index contributed by atoms with van der Waals surface area (Å²) in [5, 5.41) is 7.53. The maximum absolute atomic E-state index is 12.3. The lowest BCUT2D eigenvalue weighted by molar-refractivity contribution is -0.115. The summed E-state index contributed by atoms with van der Waals surface area (Å²) in [6.07, 6.45) is -0.0170. The minimum absolute atomic E-state index is 0.0170. The van der Waals surface area contributed by atoms with Gasteiger partial charge in [0.15, 0.2) is 5.76 Å². The SMILES string of the molecule is NC(=O)c1ccccc1NC(=O)Cc1cc(-c2cc3ccccc3o2)on1. The van der Waals surface area contributed by atoms with E-state index in [9.17, 15) is 9.59 Å². The van der Waals surface area contributed by atoms with Gasteiger partial charge < -0.3 is 20.0 Å². The standard InChI is InChI=1S/C20H15N3O4/c21-20(25)14-6-2-3-7-15(14)22-19(24)11-13-10-18(27-23-13)17-9-12-5-1-4-8-16(12)26-17/h1-10H,11H2,(H2,21,25)(H,22,24). The first kappa shape index (κ1) is 16.6. The van der Waals surface area contributed by atoms with E-state index in [2.05, 4.69) is 10.5 Å². The van der Waals surface area contributed by atoms with Gasteiger partial charge in [-0.05, 0) is 24.3 Å². The highest BCUT2D eigenvalue weighted by molar-refractivity contribution is 6.03. The molecule has 0 saturated heterocycles. The van der Waals surface area contributed by atoms with Gasteiger partial charge in [-0.15, -0.1) is 0 Å². The lowest BCUT2D eigenvalue weighted by Crippen LogP contribution is -2.19. The molecule has 0 aliphatic carbocycles. The molecule has 0 unspecified atom stereocenters. The van der Waals surface area contributed by atoms with Gasteiger partial charge in [-0.1, -0.05) is 35.5 Å². The van der Waals surface area contributed by atoms with E-state index in [1.807, 2.05) is 30.3 Å². The largest absolute Gasteiger partial charge is 0.453 e. The van der Waals surface area contributed by atoms with Gasteiger partial charge in [-0.25, -0.2) is 0 Å². The van der Waals surface area contributed by atoms with Gasteiger partial charge in [-0.3, -0.25) is 9.59 Å². The molecule has 27 heavy (non-hydrogen) atoms. The first-order valence-corrected chi connectivity index (χ1v) is 8.23. The average molecular weight is 361 g/mol. The number of amides is 2. The molecule has 7 heteroatoms. The fraction of sp³-hybridized carbons (Fsp3) is 0.0500. The minimum atomic E-state index is -0.612. The van der Waals surface area contributed by atoms with Gasteiger partial charge in [0.25, 0.3) is 5.91 Å². The molecule has 2 aromatic carbocycles. The summed E-state index contributed by atoms with van der Waals surface area (Å²) in [5.41, 5.74) is 7.10. The first-order chi connectivity index (χ1) is 13.1. The Morgan fingerprint density at radius 3 is 2.59 bits per heavy atom. The number of nitrogens with two attached hydrogens (primary N) is 1. The highest BCUT2D eigenvalue weighted by Gasteiger charge is 2.15. The number of fused-ring (bicyclic) bond motifs is 1. The number of hydrogen-bond acceptors (Lipinski definition) is 5. The Hall–Kier alpha value is -3.87. The van der Waals surface area contributed by atoms with E-state index in [-0.39, 0.29) is 17.9 Å². The summed E-state index contributed by atoms with van der Waals surface area (Å²) in [7, 11) is 0. The number of hydrogen-bond donors (Lipinski definition) is 2. The van der Waals surface area contributed by atoms with E-state index in [4.69, 9.17) is 14.7 Å². The lowest BCUT2D eigenvalue weighted by Gasteiger charge is -2.07. The summed E-state index contributed by atoms with van der Waals surface area (Å²) < 4.78 is 11.0. The second-order valence-electron chi connectivity index (χ2n) is 5.97. The van der Waals surface area contributed by atoms with Gasteiger partial charge in [0.2, 0.25) is 11.7 Å². The second-order valence-corrected chi connectivity index (χ2v) is 5.97. The van der Waals surface area contributed by atoms with Crippen LogP contribution in [0.5, 0.6) is 0 Å². The Morgan fingerprint density at radius 2 is 1.78 bits per heavy atom. The quantitative estimate of drug-likeness (QED) is 0.566. The number of nitrogens with one attached hydrogen (secondary N) is 1. The monoisotopic (exact) mass is 361 g/mol. The third-order valence-electron chi connectivity index (χ3n) is 4.04. The summed E-state index contributed by atoms with van der Waals surface area (Å²) in [6, 6.07) is 17.6. The molecule has 0 bridgehead atoms. The van der Waals surface area contributed by atoms with Gasteiger partial charge in [-0.2, -0.15) is 0 Å². The molecule has 134 valence electrons. The van der Waals surface area contributed by atoms with Crippen LogP contribution in [0.3, 0.4) is 0 Å². The zero-order chi connectivity index (χ0) is 18.8. The Bertz CT molecular complexity index is 1110. The highest BCUT2D eigenvalue weighted by atomic mass is 16.5. The van der Waals surface area contributed by atoms with Crippen molar-refractivity contribution in [2.24, 2.45) is 5.73 Å². The molecule has 4 aromatic rings. The van der Waals surface area contributed by atoms with Crippen molar-refractivity contribution in [3.63, 3.8) is 0 Å². The number of aromatic nitrogens is 1. The molecule has 7 nitrogen and oxygen atoms in total. The van der Waals surface area contributed by atoms with Gasteiger partial charge in [0.1, 0.15) is 5.58 Å². The molecule has 2 aromatic heterocycles. The molecular weight excluding hydrogens is 346 g/mol. The van der Waals surface area contributed by atoms with E-state index in [1.54, 1.807) is 30.3 Å². The molecule has 0 saturated carbocycles. The highest BCUT2D eigenvalue weighted by Crippen LogP contribution is 2.28. The van der Waals surface area contributed by atoms with Gasteiger partial charge in [0.05, 0.1) is 23.4 Å². The number of benzene rings is 2. The molecule has 0 spiro atoms. The van der Waals surface area contributed by atoms with E-state index in [0.29, 0.717) is 22.9 Å². The van der Waals surface area contributed by atoms with Crippen LogP contribution in [0.2, 0.25) is 0 Å². The molecule has 0 fully saturated rings. The number of rotatable bonds is 5. The van der Waals surface area contributed by atoms with Crippen molar-refractivity contribution < 1.29 is 18.5 Å². The maximum Gasteiger partial charge on any atom is 0.250 e. The number of carbonyl (C=O) groups is 2. The number of para-hydroxylation sites is 2. The zero-order valence-electron chi connectivity index (χ0n) is 14.1. The fourth-order valence-electron chi connectivity index (χ4n) is 2.78. The van der Waals surface area contributed by atoms with Crippen LogP contribution in [0.4, 0.5) is 5.69 Å². The van der Waals surface area contributed by atoms with Crippen LogP contribution in [-0.4, -0.2) is 17.0 Å². The second kappa shape index (κ2) is 6.80. The minimum Gasteiger partial charge on any atom is -0.453 e. The van der Waals surface area contributed by atoms with Crippen LogP contribution in [0.15, 0.2) is 69.6 Å². The van der Waals surface area contributed by atoms with Crippen molar-refractivity contribution in [1.82, 2.24) is 5.16 Å². The third kappa shape index (κ3) is 3.43. The Kier molecular flexibility index (Phi) is 4.18. The van der Waals surface area contributed by atoms with Gasteiger partial charge >= 0.3 is 0 Å². The molecule has 3 N–H and O–H groups in total. The Balaban J connectivity index is 1.49. The number of primary amides is 1. The van der Waals surface area contributed by atoms with Crippen LogP contribution in [-0.2, 0) is 11.2 Å². The van der Waals surface area contributed by atoms with Crippen molar-refractivity contribution in [2.45, 2.75) is 6.42 Å². The smallest absolute Gasteiger partial charge is 0.250 e. The summed E-state index contributed by atoms with van der Waals surface area (Å²) in [5.74, 6) is 0.0219. The number of furan rings is 1. The van der Waals surface area contributed by atoms with Crippen molar-refractivity contribution in [1.29, 1.82) is 0 Å². The predicted octanol–water partition coefficient (Wildman–Crippen LogP) is 3.37. The Morgan fingerprint density at radius 1 is 1.00 bits per heavy atom. The fourth-order valence-corrected chi connectivity index (χ4v) is 2.78. The van der Waals surface area contributed by atoms with Crippen molar-refractivity contribution in [3.8, 4) is 11.5 Å². The van der Waals surface area contributed by atoms with Crippen molar-refractivity contribution in [2.75, 3.05) is 5.32 Å². The predicted molar refractivity (Wildman–Crippen MR) is 99.0 cm³/mol. The van der Waals surface area contributed by atoms with E-state index in [0.717, 1.165) is 11.0 Å². The first-order valence-electron chi connectivity index (χ1n) is 8.23. The summed E-state index contributed by atoms with van der Waals surface area (Å²) >= 11 is 0. The molecule has 0 aliphatic rings. The molecule has 0 radical (unpaired) electrons. The Labute approximate surface area is 153 Å². The van der Waals surface area contributed by atoms with Crippen molar-refractivity contribution >= 4 is 28.5 Å². The molecule has 0 aliphatic heterocycles. The molecule has 0 atom stereocenters. The third-order valence-corrected chi connectivity index (χ3v) is 4.04. The molecule has 4 rings (SSSR count). The normalized spacial score (nSPS) is 10.8. The molecule has 2 heterocycles. The maximum atomic E-state index is 12.3. The van der Waals surface area contributed by atoms with Crippen LogP contribution >= 0.6 is 0 Å². The lowest BCUT2D eigenvalue weighted by atomic mass is 10.1. The summed E-state index contributed by atoms with van der Waals surface area (Å²) in [6.45, 7) is 0. The number of nitrogens with zero attached hydrogens (tertiary/aromatic N) is 1. The van der Waals surface area contributed by atoms with Gasteiger partial charge in [0, 0.05) is 11.5 Å². The number of anilines is 1. The van der Waals surface area contributed by atoms with Crippen LogP contribution < -0.4 is 11.1 Å². The summed E-state index contributed by atoms with van der Waals surface area (Å²) in [4.78, 5) is 23.7. The zero-order valence-corrected chi connectivity index (χ0v) is 14.1. The van der Waals surface area contributed by atoms with Crippen LogP contribution in [0, 0.1) is 0 Å². The van der Waals surface area contributed by atoms with Crippen LogP contribution in [0.1, 0.15) is 16.1 Å². The van der Waals surface area contributed by atoms with E-state index < -0.39 is 5.91 Å². The van der Waals surface area contributed by atoms with Crippen molar-refractivity contribution in [3.05, 3.63) is 71.9 Å². The van der Waals surface area contributed by atoms with E-state index >= 15 is 0 Å². The topological polar surface area (TPSA) is 111 Å². The average Bonchev–Trinajstić information content (AvgIpc) is 3.28.